The molecule has 0 saturated carbocycles. The van der Waals surface area contributed by atoms with Crippen molar-refractivity contribution in [1.29, 1.82) is 0 Å². The van der Waals surface area contributed by atoms with Gasteiger partial charge in [-0.2, -0.15) is 0 Å². The zero-order chi connectivity index (χ0) is 26.2. The molecule has 0 aromatic heterocycles. The van der Waals surface area contributed by atoms with Crippen molar-refractivity contribution >= 4 is 17.6 Å². The van der Waals surface area contributed by atoms with E-state index in [1.165, 1.54) is 25.7 Å². The van der Waals surface area contributed by atoms with E-state index in [-0.39, 0.29) is 28.9 Å². The predicted molar refractivity (Wildman–Crippen MR) is 147 cm³/mol. The molecule has 0 aliphatic carbocycles. The number of carbonyl (C=O) groups excluding carboxylic acids is 2. The topological polar surface area (TPSA) is 64.6 Å². The van der Waals surface area contributed by atoms with Gasteiger partial charge in [-0.05, 0) is 63.1 Å². The molecule has 0 heterocycles. The second-order valence-electron chi connectivity index (χ2n) is 9.35. The monoisotopic (exact) mass is 576 g/mol. The molecule has 0 saturated heterocycles. The van der Waals surface area contributed by atoms with E-state index in [1.807, 2.05) is 18.2 Å². The van der Waals surface area contributed by atoms with Crippen molar-refractivity contribution in [3.63, 3.8) is 0 Å². The summed E-state index contributed by atoms with van der Waals surface area (Å²) in [7, 11) is 0. The molecular weight excluding hydrogens is 532 g/mol. The first-order chi connectivity index (χ1) is 17.5. The van der Waals surface area contributed by atoms with Crippen molar-refractivity contribution in [2.75, 3.05) is 44.7 Å². The van der Waals surface area contributed by atoms with Crippen LogP contribution in [0, 0.1) is 0 Å². The van der Waals surface area contributed by atoms with Gasteiger partial charge >= 0.3 is 5.97 Å². The second-order valence-corrected chi connectivity index (χ2v) is 9.35. The summed E-state index contributed by atoms with van der Waals surface area (Å²) >= 11 is 0. The van der Waals surface area contributed by atoms with Gasteiger partial charge in [0, 0.05) is 5.69 Å². The highest BCUT2D eigenvalue weighted by molar-refractivity contribution is 6.06. The van der Waals surface area contributed by atoms with Crippen LogP contribution in [0.15, 0.2) is 48.5 Å². The summed E-state index contributed by atoms with van der Waals surface area (Å²) in [6.07, 6.45) is 6.79. The Kier molecular flexibility index (Phi) is 15.9. The molecule has 37 heavy (non-hydrogen) atoms. The molecular formula is C30H45BrN2O4. The van der Waals surface area contributed by atoms with Crippen LogP contribution >= 0.6 is 0 Å². The molecule has 2 rings (SSSR count). The fourth-order valence-electron chi connectivity index (χ4n) is 4.26. The van der Waals surface area contributed by atoms with Crippen LogP contribution in [0.5, 0.6) is 5.75 Å². The molecule has 7 heteroatoms. The van der Waals surface area contributed by atoms with Gasteiger partial charge in [-0.1, -0.05) is 51.7 Å². The maximum absolute atomic E-state index is 12.9. The van der Waals surface area contributed by atoms with Gasteiger partial charge in [0.05, 0.1) is 37.4 Å². The number of unbranched alkanes of at least 4 members (excludes halogenated alkanes) is 4. The highest BCUT2D eigenvalue weighted by Crippen LogP contribution is 2.21. The SMILES string of the molecule is CCCCCCOc1ccccc1C(=O)Nc1ccc(C(=O)OCC[N+](CC)(CC)CCCC)cc1.[Br-]. The molecule has 2 aromatic carbocycles. The van der Waals surface area contributed by atoms with Crippen molar-refractivity contribution in [2.24, 2.45) is 0 Å². The Morgan fingerprint density at radius 3 is 2.11 bits per heavy atom. The molecule has 0 bridgehead atoms. The summed E-state index contributed by atoms with van der Waals surface area (Å²) in [5.41, 5.74) is 1.58. The summed E-state index contributed by atoms with van der Waals surface area (Å²) in [6.45, 7) is 13.8. The molecule has 0 fully saturated rings. The first kappa shape index (κ1) is 32.6. The van der Waals surface area contributed by atoms with E-state index in [9.17, 15) is 9.59 Å². The van der Waals surface area contributed by atoms with Crippen LogP contribution in [0.4, 0.5) is 5.69 Å². The number of para-hydroxylation sites is 1. The molecule has 0 unspecified atom stereocenters. The molecule has 6 nitrogen and oxygen atoms in total. The van der Waals surface area contributed by atoms with E-state index in [1.54, 1.807) is 30.3 Å². The second kappa shape index (κ2) is 18.0. The number of carbonyl (C=O) groups is 2. The molecule has 0 radical (unpaired) electrons. The number of quaternary nitrogens is 1. The van der Waals surface area contributed by atoms with Crippen molar-refractivity contribution in [1.82, 2.24) is 0 Å². The number of halogens is 1. The molecule has 0 atom stereocenters. The van der Waals surface area contributed by atoms with Crippen LogP contribution in [-0.4, -0.2) is 55.8 Å². The van der Waals surface area contributed by atoms with Crippen LogP contribution in [-0.2, 0) is 4.74 Å². The van der Waals surface area contributed by atoms with E-state index in [0.29, 0.717) is 35.8 Å². The zero-order valence-electron chi connectivity index (χ0n) is 23.1. The average molecular weight is 578 g/mol. The number of nitrogens with zero attached hydrogens (tertiary/aromatic N) is 1. The standard InChI is InChI=1S/C30H44N2O4.BrH/c1-5-9-11-14-23-35-28-16-13-12-15-27(28)29(33)31-26-19-17-25(18-20-26)30(34)36-24-22-32(7-3,8-4)21-10-6-2;/h12-13,15-20H,5-11,14,21-24H2,1-4H3;1H. The third-order valence-corrected chi connectivity index (χ3v) is 6.89. The third kappa shape index (κ3) is 10.9. The van der Waals surface area contributed by atoms with E-state index >= 15 is 0 Å². The average Bonchev–Trinajstić information content (AvgIpc) is 2.91. The molecule has 2 aromatic rings. The number of likely N-dealkylation sites (N-methyl/N-ethyl adjacent to an activating group) is 1. The third-order valence-electron chi connectivity index (χ3n) is 6.89. The van der Waals surface area contributed by atoms with E-state index in [0.717, 1.165) is 43.5 Å². The van der Waals surface area contributed by atoms with E-state index < -0.39 is 0 Å². The largest absolute Gasteiger partial charge is 1.00 e. The highest BCUT2D eigenvalue weighted by Gasteiger charge is 2.23. The maximum Gasteiger partial charge on any atom is 0.338 e. The fourth-order valence-corrected chi connectivity index (χ4v) is 4.26. The van der Waals surface area contributed by atoms with Gasteiger partial charge in [0.2, 0.25) is 0 Å². The Hall–Kier alpha value is -2.38. The first-order valence-electron chi connectivity index (χ1n) is 13.6. The van der Waals surface area contributed by atoms with Gasteiger partial charge in [0.25, 0.3) is 5.91 Å². The number of amides is 1. The number of benzene rings is 2. The van der Waals surface area contributed by atoms with Crippen LogP contribution in [0.1, 0.15) is 86.9 Å². The predicted octanol–water partition coefficient (Wildman–Crippen LogP) is 3.72. The first-order valence-corrected chi connectivity index (χ1v) is 13.6. The number of ether oxygens (including phenoxy) is 2. The highest BCUT2D eigenvalue weighted by atomic mass is 79.9. The Morgan fingerprint density at radius 1 is 0.784 bits per heavy atom. The van der Waals surface area contributed by atoms with Gasteiger partial charge < -0.3 is 36.3 Å². The van der Waals surface area contributed by atoms with Crippen molar-refractivity contribution in [3.8, 4) is 5.75 Å². The van der Waals surface area contributed by atoms with Crippen molar-refractivity contribution in [2.45, 2.75) is 66.2 Å². The molecule has 1 amide bonds. The van der Waals surface area contributed by atoms with Crippen LogP contribution in [0.25, 0.3) is 0 Å². The molecule has 0 spiro atoms. The zero-order valence-corrected chi connectivity index (χ0v) is 24.6. The van der Waals surface area contributed by atoms with Gasteiger partial charge in [-0.3, -0.25) is 4.79 Å². The molecule has 0 aliphatic heterocycles. The van der Waals surface area contributed by atoms with Gasteiger partial charge in [-0.15, -0.1) is 0 Å². The van der Waals surface area contributed by atoms with Crippen LogP contribution in [0.2, 0.25) is 0 Å². The van der Waals surface area contributed by atoms with E-state index in [4.69, 9.17) is 9.47 Å². The Labute approximate surface area is 234 Å². The fraction of sp³-hybridized carbons (Fsp3) is 0.533. The lowest BCUT2D eigenvalue weighted by Crippen LogP contribution is -3.00. The number of esters is 1. The van der Waals surface area contributed by atoms with Gasteiger partial charge in [0.1, 0.15) is 18.9 Å². The smallest absolute Gasteiger partial charge is 0.338 e. The minimum atomic E-state index is -0.338. The number of rotatable bonds is 17. The number of hydrogen-bond donors (Lipinski definition) is 1. The summed E-state index contributed by atoms with van der Waals surface area (Å²) in [6, 6.07) is 14.1. The number of anilines is 1. The number of hydrogen-bond acceptors (Lipinski definition) is 4. The minimum absolute atomic E-state index is 0. The summed E-state index contributed by atoms with van der Waals surface area (Å²) < 4.78 is 12.4. The molecule has 0 aliphatic rings. The number of nitrogens with one attached hydrogen (secondary N) is 1. The Bertz CT molecular complexity index is 929. The Morgan fingerprint density at radius 2 is 1.46 bits per heavy atom. The van der Waals surface area contributed by atoms with Gasteiger partial charge in [0.15, 0.2) is 0 Å². The summed E-state index contributed by atoms with van der Waals surface area (Å²) in [4.78, 5) is 25.4. The molecule has 1 N–H and O–H groups in total. The minimum Gasteiger partial charge on any atom is -1.00 e. The van der Waals surface area contributed by atoms with Gasteiger partial charge in [-0.25, -0.2) is 4.79 Å². The molecule has 206 valence electrons. The summed E-state index contributed by atoms with van der Waals surface area (Å²) in [5, 5.41) is 2.90. The van der Waals surface area contributed by atoms with Crippen molar-refractivity contribution < 1.29 is 40.5 Å². The maximum atomic E-state index is 12.9. The Balaban J connectivity index is 0.00000684. The van der Waals surface area contributed by atoms with Crippen LogP contribution in [0.3, 0.4) is 0 Å². The quantitative estimate of drug-likeness (QED) is 0.177. The lowest BCUT2D eigenvalue weighted by atomic mass is 10.1. The van der Waals surface area contributed by atoms with E-state index in [2.05, 4.69) is 33.0 Å². The van der Waals surface area contributed by atoms with Crippen molar-refractivity contribution in [3.05, 3.63) is 59.7 Å². The lowest BCUT2D eigenvalue weighted by Gasteiger charge is -2.36. The lowest BCUT2D eigenvalue weighted by molar-refractivity contribution is -0.925. The normalized spacial score (nSPS) is 10.9. The van der Waals surface area contributed by atoms with Crippen LogP contribution < -0.4 is 27.0 Å². The summed E-state index contributed by atoms with van der Waals surface area (Å²) in [5.74, 6) is 0.00423.